The third-order valence-electron chi connectivity index (χ3n) is 3.27. The van der Waals surface area contributed by atoms with E-state index < -0.39 is 0 Å². The van der Waals surface area contributed by atoms with Crippen LogP contribution >= 0.6 is 0 Å². The number of epoxide rings is 1. The zero-order valence-corrected chi connectivity index (χ0v) is 8.76. The molecule has 3 rings (SSSR count). The summed E-state index contributed by atoms with van der Waals surface area (Å²) in [5.41, 5.74) is 1.25. The minimum atomic E-state index is 0.337. The molecule has 1 heterocycles. The molecule has 1 aromatic rings. The summed E-state index contributed by atoms with van der Waals surface area (Å²) >= 11 is 0. The van der Waals surface area contributed by atoms with Gasteiger partial charge in [0, 0.05) is 0 Å². The van der Waals surface area contributed by atoms with Crippen LogP contribution in [-0.2, 0) is 16.1 Å². The maximum absolute atomic E-state index is 5.90. The van der Waals surface area contributed by atoms with E-state index >= 15 is 0 Å². The minimum absolute atomic E-state index is 0.337. The van der Waals surface area contributed by atoms with Crippen molar-refractivity contribution in [3.8, 4) is 0 Å². The maximum atomic E-state index is 5.90. The van der Waals surface area contributed by atoms with Crippen LogP contribution in [0.5, 0.6) is 0 Å². The van der Waals surface area contributed by atoms with Gasteiger partial charge in [-0.15, -0.1) is 0 Å². The number of benzene rings is 1. The van der Waals surface area contributed by atoms with Gasteiger partial charge in [0.05, 0.1) is 18.8 Å². The van der Waals surface area contributed by atoms with Crippen LogP contribution in [0.1, 0.15) is 24.8 Å². The summed E-state index contributed by atoms with van der Waals surface area (Å²) in [6, 6.07) is 10.3. The van der Waals surface area contributed by atoms with E-state index in [1.54, 1.807) is 0 Å². The number of ether oxygens (including phenoxy) is 2. The molecule has 2 heteroatoms. The molecule has 0 bridgehead atoms. The summed E-state index contributed by atoms with van der Waals surface area (Å²) in [6.07, 6.45) is 4.90. The van der Waals surface area contributed by atoms with E-state index in [1.165, 1.54) is 18.4 Å². The lowest BCUT2D eigenvalue weighted by Gasteiger charge is -2.18. The van der Waals surface area contributed by atoms with Gasteiger partial charge >= 0.3 is 0 Å². The van der Waals surface area contributed by atoms with Gasteiger partial charge in [0.15, 0.2) is 0 Å². The Labute approximate surface area is 90.2 Å². The van der Waals surface area contributed by atoms with Crippen LogP contribution in [0.3, 0.4) is 0 Å². The van der Waals surface area contributed by atoms with E-state index in [9.17, 15) is 0 Å². The molecule has 2 aliphatic rings. The Morgan fingerprint density at radius 1 is 1.20 bits per heavy atom. The minimum Gasteiger partial charge on any atom is -0.371 e. The molecule has 3 atom stereocenters. The van der Waals surface area contributed by atoms with Gasteiger partial charge in [-0.2, -0.15) is 0 Å². The molecule has 0 aromatic heterocycles. The van der Waals surface area contributed by atoms with Gasteiger partial charge < -0.3 is 9.47 Å². The lowest BCUT2D eigenvalue weighted by molar-refractivity contribution is 0.0135. The highest BCUT2D eigenvalue weighted by Crippen LogP contribution is 2.38. The SMILES string of the molecule is c1ccc(COC2CCC[C@@H]3OC23)cc1. The van der Waals surface area contributed by atoms with E-state index in [4.69, 9.17) is 9.47 Å². The topological polar surface area (TPSA) is 21.8 Å². The third kappa shape index (κ3) is 2.06. The second-order valence-electron chi connectivity index (χ2n) is 4.41. The highest BCUT2D eigenvalue weighted by molar-refractivity contribution is 5.13. The number of rotatable bonds is 3. The normalized spacial score (nSPS) is 33.5. The van der Waals surface area contributed by atoms with Crippen molar-refractivity contribution in [1.82, 2.24) is 0 Å². The molecule has 80 valence electrons. The zero-order valence-electron chi connectivity index (χ0n) is 8.76. The standard InChI is InChI=1S/C13H16O2/c1-2-5-10(6-3-1)9-14-11-7-4-8-12-13(11)15-12/h1-3,5-6,11-13H,4,7-9H2/t11?,12-,13?/m0/s1. The Balaban J connectivity index is 1.54. The molecule has 1 saturated heterocycles. The van der Waals surface area contributed by atoms with E-state index in [0.717, 1.165) is 13.0 Å². The van der Waals surface area contributed by atoms with Crippen LogP contribution in [0.2, 0.25) is 0 Å². The zero-order chi connectivity index (χ0) is 10.1. The van der Waals surface area contributed by atoms with Crippen LogP contribution in [0.25, 0.3) is 0 Å². The predicted molar refractivity (Wildman–Crippen MR) is 57.5 cm³/mol. The molecule has 0 N–H and O–H groups in total. The second-order valence-corrected chi connectivity index (χ2v) is 4.41. The van der Waals surface area contributed by atoms with E-state index in [0.29, 0.717) is 18.3 Å². The van der Waals surface area contributed by atoms with Gasteiger partial charge in [0.2, 0.25) is 0 Å². The second kappa shape index (κ2) is 3.95. The summed E-state index contributed by atoms with van der Waals surface area (Å²) < 4.78 is 11.5. The summed E-state index contributed by atoms with van der Waals surface area (Å²) in [5.74, 6) is 0. The molecule has 0 radical (unpaired) electrons. The van der Waals surface area contributed by atoms with E-state index in [-0.39, 0.29) is 0 Å². The molecule has 15 heavy (non-hydrogen) atoms. The lowest BCUT2D eigenvalue weighted by atomic mass is 9.98. The summed E-state index contributed by atoms with van der Waals surface area (Å²) in [7, 11) is 0. The molecule has 1 aliphatic carbocycles. The average Bonchev–Trinajstić information content (AvgIpc) is 3.07. The molecular weight excluding hydrogens is 188 g/mol. The van der Waals surface area contributed by atoms with Crippen molar-refractivity contribution in [2.75, 3.05) is 0 Å². The quantitative estimate of drug-likeness (QED) is 0.706. The van der Waals surface area contributed by atoms with Gasteiger partial charge in [0.25, 0.3) is 0 Å². The van der Waals surface area contributed by atoms with Gasteiger partial charge in [-0.3, -0.25) is 0 Å². The monoisotopic (exact) mass is 204 g/mol. The Bertz CT molecular complexity index is 323. The summed E-state index contributed by atoms with van der Waals surface area (Å²) in [4.78, 5) is 0. The number of hydrogen-bond donors (Lipinski definition) is 0. The maximum Gasteiger partial charge on any atom is 0.110 e. The third-order valence-corrected chi connectivity index (χ3v) is 3.27. The molecule has 1 aliphatic heterocycles. The highest BCUT2D eigenvalue weighted by atomic mass is 16.6. The fourth-order valence-electron chi connectivity index (χ4n) is 2.36. The first-order valence-corrected chi connectivity index (χ1v) is 5.74. The molecule has 2 unspecified atom stereocenters. The van der Waals surface area contributed by atoms with Gasteiger partial charge in [-0.1, -0.05) is 30.3 Å². The van der Waals surface area contributed by atoms with E-state index in [2.05, 4.69) is 24.3 Å². The van der Waals surface area contributed by atoms with Gasteiger partial charge in [0.1, 0.15) is 6.10 Å². The van der Waals surface area contributed by atoms with Crippen LogP contribution < -0.4 is 0 Å². The first-order chi connectivity index (χ1) is 7.43. The fourth-order valence-corrected chi connectivity index (χ4v) is 2.36. The molecule has 1 aromatic carbocycles. The lowest BCUT2D eigenvalue weighted by Crippen LogP contribution is -2.25. The van der Waals surface area contributed by atoms with Crippen molar-refractivity contribution in [1.29, 1.82) is 0 Å². The van der Waals surface area contributed by atoms with Gasteiger partial charge in [-0.05, 0) is 24.8 Å². The number of fused-ring (bicyclic) bond motifs is 1. The smallest absolute Gasteiger partial charge is 0.110 e. The first-order valence-electron chi connectivity index (χ1n) is 5.74. The van der Waals surface area contributed by atoms with Gasteiger partial charge in [-0.25, -0.2) is 0 Å². The van der Waals surface area contributed by atoms with Crippen LogP contribution in [-0.4, -0.2) is 18.3 Å². The number of hydrogen-bond acceptors (Lipinski definition) is 2. The van der Waals surface area contributed by atoms with Crippen LogP contribution in [0.4, 0.5) is 0 Å². The molecule has 1 saturated carbocycles. The van der Waals surface area contributed by atoms with Crippen molar-refractivity contribution >= 4 is 0 Å². The molecule has 0 spiro atoms. The molecule has 2 nitrogen and oxygen atoms in total. The Hall–Kier alpha value is -0.860. The van der Waals surface area contributed by atoms with Crippen LogP contribution in [0.15, 0.2) is 30.3 Å². The summed E-state index contributed by atoms with van der Waals surface area (Å²) in [6.45, 7) is 0.720. The van der Waals surface area contributed by atoms with Crippen molar-refractivity contribution in [2.24, 2.45) is 0 Å². The molecule has 0 amide bonds. The average molecular weight is 204 g/mol. The van der Waals surface area contributed by atoms with Crippen molar-refractivity contribution in [3.05, 3.63) is 35.9 Å². The predicted octanol–water partition coefficient (Wildman–Crippen LogP) is 2.52. The van der Waals surface area contributed by atoms with Crippen molar-refractivity contribution in [2.45, 2.75) is 44.2 Å². The Morgan fingerprint density at radius 2 is 2.07 bits per heavy atom. The summed E-state index contributed by atoms with van der Waals surface area (Å²) in [5, 5.41) is 0. The molecule has 2 fully saturated rings. The van der Waals surface area contributed by atoms with Crippen molar-refractivity contribution in [3.63, 3.8) is 0 Å². The largest absolute Gasteiger partial charge is 0.371 e. The Kier molecular flexibility index (Phi) is 2.47. The van der Waals surface area contributed by atoms with Crippen molar-refractivity contribution < 1.29 is 9.47 Å². The van der Waals surface area contributed by atoms with E-state index in [1.807, 2.05) is 6.07 Å². The first kappa shape index (κ1) is 9.37. The Morgan fingerprint density at radius 3 is 2.93 bits per heavy atom. The fraction of sp³-hybridized carbons (Fsp3) is 0.538. The highest BCUT2D eigenvalue weighted by Gasteiger charge is 2.47. The molecular formula is C13H16O2. The van der Waals surface area contributed by atoms with Crippen LogP contribution in [0, 0.1) is 0 Å².